The average molecular weight is 239 g/mol. The molecule has 0 aliphatic carbocycles. The zero-order chi connectivity index (χ0) is 11.7. The number of rotatable bonds is 2. The van der Waals surface area contributed by atoms with Crippen molar-refractivity contribution in [3.8, 4) is 0 Å². The highest BCUT2D eigenvalue weighted by molar-refractivity contribution is 7.09. The summed E-state index contributed by atoms with van der Waals surface area (Å²) in [4.78, 5) is 7.02. The Hall–Kier alpha value is -0.450. The second-order valence-corrected chi connectivity index (χ2v) is 5.95. The van der Waals surface area contributed by atoms with E-state index in [9.17, 15) is 0 Å². The predicted octanol–water partition coefficient (Wildman–Crippen LogP) is 2.18. The van der Waals surface area contributed by atoms with Crippen LogP contribution in [0.15, 0.2) is 5.38 Å². The molecule has 90 valence electrons. The van der Waals surface area contributed by atoms with E-state index in [2.05, 4.69) is 36.0 Å². The summed E-state index contributed by atoms with van der Waals surface area (Å²) in [5, 5.41) is 3.32. The van der Waals surface area contributed by atoms with Crippen molar-refractivity contribution in [1.29, 1.82) is 0 Å². The third kappa shape index (κ3) is 2.44. The molecule has 1 aliphatic heterocycles. The molecular weight excluding hydrogens is 218 g/mol. The number of hydrogen-bond acceptors (Lipinski definition) is 4. The second-order valence-electron chi connectivity index (χ2n) is 4.89. The minimum Gasteiger partial charge on any atom is -0.326 e. The van der Waals surface area contributed by atoms with E-state index < -0.39 is 0 Å². The molecule has 16 heavy (non-hydrogen) atoms. The molecule has 4 heteroatoms. The Morgan fingerprint density at radius 1 is 1.62 bits per heavy atom. The Kier molecular flexibility index (Phi) is 3.62. The first-order valence-electron chi connectivity index (χ1n) is 5.99. The maximum absolute atomic E-state index is 6.13. The standard InChI is InChI=1S/C12H21N3S/c1-8-4-5-15(6-11(8)13)9(2)12-7-16-10(3)14-12/h7-9,11H,4-6,13H2,1-3H3. The van der Waals surface area contributed by atoms with E-state index in [1.54, 1.807) is 11.3 Å². The van der Waals surface area contributed by atoms with E-state index >= 15 is 0 Å². The van der Waals surface area contributed by atoms with Crippen molar-refractivity contribution in [1.82, 2.24) is 9.88 Å². The third-order valence-corrected chi connectivity index (χ3v) is 4.45. The SMILES string of the molecule is Cc1nc(C(C)N2CCC(C)C(N)C2)cs1. The maximum atomic E-state index is 6.13. The molecule has 0 bridgehead atoms. The molecule has 0 radical (unpaired) electrons. The summed E-state index contributed by atoms with van der Waals surface area (Å²) >= 11 is 1.73. The van der Waals surface area contributed by atoms with Crippen LogP contribution in [0.1, 0.15) is 37.0 Å². The molecular formula is C12H21N3S. The van der Waals surface area contributed by atoms with Gasteiger partial charge in [-0.2, -0.15) is 0 Å². The number of thiazole rings is 1. The van der Waals surface area contributed by atoms with Gasteiger partial charge in [0.25, 0.3) is 0 Å². The zero-order valence-electron chi connectivity index (χ0n) is 10.3. The van der Waals surface area contributed by atoms with Crippen LogP contribution >= 0.6 is 11.3 Å². The van der Waals surface area contributed by atoms with Crippen molar-refractivity contribution >= 4 is 11.3 Å². The Labute approximate surface area is 102 Å². The number of nitrogens with zero attached hydrogens (tertiary/aromatic N) is 2. The number of nitrogens with two attached hydrogens (primary N) is 1. The highest BCUT2D eigenvalue weighted by Gasteiger charge is 2.27. The van der Waals surface area contributed by atoms with Gasteiger partial charge in [0.05, 0.1) is 16.7 Å². The molecule has 2 rings (SSSR count). The summed E-state index contributed by atoms with van der Waals surface area (Å²) in [5.41, 5.74) is 7.33. The fourth-order valence-electron chi connectivity index (χ4n) is 2.24. The quantitative estimate of drug-likeness (QED) is 0.860. The van der Waals surface area contributed by atoms with Gasteiger partial charge in [0, 0.05) is 18.0 Å². The Balaban J connectivity index is 2.02. The molecule has 3 unspecified atom stereocenters. The van der Waals surface area contributed by atoms with Crippen molar-refractivity contribution in [2.75, 3.05) is 13.1 Å². The fraction of sp³-hybridized carbons (Fsp3) is 0.750. The van der Waals surface area contributed by atoms with E-state index in [4.69, 9.17) is 5.73 Å². The molecule has 3 nitrogen and oxygen atoms in total. The van der Waals surface area contributed by atoms with E-state index in [1.165, 1.54) is 12.1 Å². The molecule has 2 N–H and O–H groups in total. The van der Waals surface area contributed by atoms with Crippen LogP contribution in [-0.4, -0.2) is 29.0 Å². The number of hydrogen-bond donors (Lipinski definition) is 1. The van der Waals surface area contributed by atoms with Gasteiger partial charge in [-0.05, 0) is 32.7 Å². The van der Waals surface area contributed by atoms with E-state index in [0.717, 1.165) is 18.1 Å². The minimum absolute atomic E-state index is 0.316. The van der Waals surface area contributed by atoms with Crippen LogP contribution in [-0.2, 0) is 0 Å². The van der Waals surface area contributed by atoms with E-state index in [0.29, 0.717) is 18.0 Å². The van der Waals surface area contributed by atoms with Crippen LogP contribution < -0.4 is 5.73 Å². The molecule has 0 amide bonds. The molecule has 2 heterocycles. The summed E-state index contributed by atoms with van der Waals surface area (Å²) in [6.07, 6.45) is 1.20. The van der Waals surface area contributed by atoms with Crippen molar-refractivity contribution in [3.63, 3.8) is 0 Å². The lowest BCUT2D eigenvalue weighted by Gasteiger charge is -2.38. The lowest BCUT2D eigenvalue weighted by molar-refractivity contribution is 0.127. The zero-order valence-corrected chi connectivity index (χ0v) is 11.1. The first-order valence-corrected chi connectivity index (χ1v) is 6.87. The Morgan fingerprint density at radius 2 is 2.38 bits per heavy atom. The van der Waals surface area contributed by atoms with Crippen LogP contribution in [0.25, 0.3) is 0 Å². The summed E-state index contributed by atoms with van der Waals surface area (Å²) in [5.74, 6) is 0.653. The number of aromatic nitrogens is 1. The van der Waals surface area contributed by atoms with Crippen LogP contribution in [0, 0.1) is 12.8 Å². The smallest absolute Gasteiger partial charge is 0.0898 e. The van der Waals surface area contributed by atoms with Crippen molar-refractivity contribution < 1.29 is 0 Å². The van der Waals surface area contributed by atoms with Crippen LogP contribution in [0.2, 0.25) is 0 Å². The summed E-state index contributed by atoms with van der Waals surface area (Å²) in [6, 6.07) is 0.722. The lowest BCUT2D eigenvalue weighted by Crippen LogP contribution is -2.48. The highest BCUT2D eigenvalue weighted by Crippen LogP contribution is 2.26. The molecule has 0 spiro atoms. The van der Waals surface area contributed by atoms with Crippen molar-refractivity contribution in [2.24, 2.45) is 11.7 Å². The van der Waals surface area contributed by atoms with Crippen molar-refractivity contribution in [2.45, 2.75) is 39.3 Å². The van der Waals surface area contributed by atoms with E-state index in [1.807, 2.05) is 0 Å². The van der Waals surface area contributed by atoms with Gasteiger partial charge < -0.3 is 5.73 Å². The summed E-state index contributed by atoms with van der Waals surface area (Å²) < 4.78 is 0. The summed E-state index contributed by atoms with van der Waals surface area (Å²) in [6.45, 7) is 8.69. The fourth-order valence-corrected chi connectivity index (χ4v) is 2.94. The average Bonchev–Trinajstić information content (AvgIpc) is 2.68. The van der Waals surface area contributed by atoms with Crippen LogP contribution in [0.3, 0.4) is 0 Å². The molecule has 1 saturated heterocycles. The number of aryl methyl sites for hydroxylation is 1. The molecule has 0 saturated carbocycles. The Bertz CT molecular complexity index is 350. The number of likely N-dealkylation sites (tertiary alicyclic amines) is 1. The van der Waals surface area contributed by atoms with E-state index in [-0.39, 0.29) is 0 Å². The highest BCUT2D eigenvalue weighted by atomic mass is 32.1. The van der Waals surface area contributed by atoms with Crippen LogP contribution in [0.4, 0.5) is 0 Å². The second kappa shape index (κ2) is 4.82. The van der Waals surface area contributed by atoms with Gasteiger partial charge in [0.2, 0.25) is 0 Å². The van der Waals surface area contributed by atoms with Crippen LogP contribution in [0.5, 0.6) is 0 Å². The molecule has 1 aromatic heterocycles. The Morgan fingerprint density at radius 3 is 2.94 bits per heavy atom. The minimum atomic E-state index is 0.316. The number of piperidine rings is 1. The van der Waals surface area contributed by atoms with Gasteiger partial charge in [-0.25, -0.2) is 4.98 Å². The van der Waals surface area contributed by atoms with Gasteiger partial charge in [0.1, 0.15) is 0 Å². The monoisotopic (exact) mass is 239 g/mol. The summed E-state index contributed by atoms with van der Waals surface area (Å²) in [7, 11) is 0. The van der Waals surface area contributed by atoms with Gasteiger partial charge >= 0.3 is 0 Å². The van der Waals surface area contributed by atoms with Crippen molar-refractivity contribution in [3.05, 3.63) is 16.1 Å². The molecule has 3 atom stereocenters. The predicted molar refractivity (Wildman–Crippen MR) is 68.6 cm³/mol. The van der Waals surface area contributed by atoms with Gasteiger partial charge in [-0.3, -0.25) is 4.90 Å². The van der Waals surface area contributed by atoms with Gasteiger partial charge in [0.15, 0.2) is 0 Å². The molecule has 0 aromatic carbocycles. The molecule has 1 aromatic rings. The third-order valence-electron chi connectivity index (χ3n) is 3.66. The normalized spacial score (nSPS) is 29.2. The largest absolute Gasteiger partial charge is 0.326 e. The molecule has 1 fully saturated rings. The first kappa shape index (κ1) is 12.0. The van der Waals surface area contributed by atoms with Gasteiger partial charge in [-0.1, -0.05) is 6.92 Å². The lowest BCUT2D eigenvalue weighted by atomic mass is 9.93. The topological polar surface area (TPSA) is 42.2 Å². The van der Waals surface area contributed by atoms with Gasteiger partial charge in [-0.15, -0.1) is 11.3 Å². The first-order chi connectivity index (χ1) is 7.58. The molecule has 1 aliphatic rings. The maximum Gasteiger partial charge on any atom is 0.0898 e.